The summed E-state index contributed by atoms with van der Waals surface area (Å²) in [5.41, 5.74) is 1.63. The van der Waals surface area contributed by atoms with E-state index in [1.807, 2.05) is 18.2 Å². The van der Waals surface area contributed by atoms with Crippen LogP contribution >= 0.6 is 15.9 Å². The number of anilines is 1. The van der Waals surface area contributed by atoms with Gasteiger partial charge >= 0.3 is 0 Å². The first-order valence-electron chi connectivity index (χ1n) is 5.76. The van der Waals surface area contributed by atoms with Crippen molar-refractivity contribution in [2.75, 3.05) is 18.9 Å². The van der Waals surface area contributed by atoms with Crippen molar-refractivity contribution in [3.05, 3.63) is 28.2 Å². The van der Waals surface area contributed by atoms with Gasteiger partial charge in [0.15, 0.2) is 0 Å². The molecule has 4 heteroatoms. The molecule has 1 fully saturated rings. The van der Waals surface area contributed by atoms with Gasteiger partial charge in [0.05, 0.1) is 11.3 Å². The monoisotopic (exact) mass is 293 g/mol. The SMILES string of the molecule is CC1CC(Nc2ccc(Br)cc2C#N)CN1C. The molecule has 0 aliphatic carbocycles. The Morgan fingerprint density at radius 2 is 2.29 bits per heavy atom. The molecule has 2 atom stereocenters. The van der Waals surface area contributed by atoms with E-state index in [0.29, 0.717) is 17.6 Å². The highest BCUT2D eigenvalue weighted by atomic mass is 79.9. The van der Waals surface area contributed by atoms with Crippen molar-refractivity contribution in [3.8, 4) is 6.07 Å². The predicted octanol–water partition coefficient (Wildman–Crippen LogP) is 2.83. The molecule has 17 heavy (non-hydrogen) atoms. The minimum atomic E-state index is 0.434. The molecule has 90 valence electrons. The van der Waals surface area contributed by atoms with Gasteiger partial charge in [-0.15, -0.1) is 0 Å². The molecule has 1 aromatic carbocycles. The van der Waals surface area contributed by atoms with Gasteiger partial charge in [0.2, 0.25) is 0 Å². The molecule has 1 aliphatic rings. The van der Waals surface area contributed by atoms with Crippen LogP contribution in [0.15, 0.2) is 22.7 Å². The molecule has 0 aromatic heterocycles. The highest BCUT2D eigenvalue weighted by Crippen LogP contribution is 2.24. The first-order valence-corrected chi connectivity index (χ1v) is 6.56. The molecule has 0 radical (unpaired) electrons. The zero-order valence-electron chi connectivity index (χ0n) is 10.1. The van der Waals surface area contributed by atoms with E-state index in [1.54, 1.807) is 0 Å². The molecule has 1 saturated heterocycles. The number of likely N-dealkylation sites (tertiary alicyclic amines) is 1. The maximum absolute atomic E-state index is 9.10. The van der Waals surface area contributed by atoms with Crippen molar-refractivity contribution < 1.29 is 0 Å². The summed E-state index contributed by atoms with van der Waals surface area (Å²) in [5.74, 6) is 0. The molecule has 0 saturated carbocycles. The highest BCUT2D eigenvalue weighted by molar-refractivity contribution is 9.10. The molecule has 2 unspecified atom stereocenters. The van der Waals surface area contributed by atoms with E-state index in [0.717, 1.165) is 23.1 Å². The minimum absolute atomic E-state index is 0.434. The molecule has 2 rings (SSSR count). The van der Waals surface area contributed by atoms with Gasteiger partial charge in [-0.1, -0.05) is 15.9 Å². The number of likely N-dealkylation sites (N-methyl/N-ethyl adjacent to an activating group) is 1. The van der Waals surface area contributed by atoms with Crippen LogP contribution in [0.4, 0.5) is 5.69 Å². The lowest BCUT2D eigenvalue weighted by Gasteiger charge is -2.15. The second-order valence-electron chi connectivity index (χ2n) is 4.67. The lowest BCUT2D eigenvalue weighted by atomic mass is 10.1. The van der Waals surface area contributed by atoms with Gasteiger partial charge in [-0.05, 0) is 38.6 Å². The fourth-order valence-electron chi connectivity index (χ4n) is 2.25. The maximum Gasteiger partial charge on any atom is 0.101 e. The third-order valence-electron chi connectivity index (χ3n) is 3.35. The smallest absolute Gasteiger partial charge is 0.101 e. The Morgan fingerprint density at radius 3 is 2.88 bits per heavy atom. The van der Waals surface area contributed by atoms with Gasteiger partial charge in [0, 0.05) is 23.1 Å². The normalized spacial score (nSPS) is 24.6. The Labute approximate surface area is 111 Å². The Bertz CT molecular complexity index is 442. The largest absolute Gasteiger partial charge is 0.380 e. The first-order chi connectivity index (χ1) is 8.10. The molecule has 0 bridgehead atoms. The quantitative estimate of drug-likeness (QED) is 0.911. The molecular formula is C13H16BrN3. The van der Waals surface area contributed by atoms with E-state index in [9.17, 15) is 0 Å². The van der Waals surface area contributed by atoms with Crippen LogP contribution in [0.5, 0.6) is 0 Å². The Hall–Kier alpha value is -1.05. The summed E-state index contributed by atoms with van der Waals surface area (Å²) in [4.78, 5) is 2.34. The number of nitrogens with one attached hydrogen (secondary N) is 1. The number of halogens is 1. The molecule has 1 heterocycles. The molecule has 1 aliphatic heterocycles. The third-order valence-corrected chi connectivity index (χ3v) is 3.84. The van der Waals surface area contributed by atoms with E-state index in [2.05, 4.69) is 46.2 Å². The fourth-order valence-corrected chi connectivity index (χ4v) is 2.61. The number of rotatable bonds is 2. The molecular weight excluding hydrogens is 278 g/mol. The summed E-state index contributed by atoms with van der Waals surface area (Å²) in [6.07, 6.45) is 1.12. The zero-order chi connectivity index (χ0) is 12.4. The highest BCUT2D eigenvalue weighted by Gasteiger charge is 2.26. The number of benzene rings is 1. The number of nitrogens with zero attached hydrogens (tertiary/aromatic N) is 2. The van der Waals surface area contributed by atoms with Crippen molar-refractivity contribution in [2.45, 2.75) is 25.4 Å². The van der Waals surface area contributed by atoms with Crippen LogP contribution in [0.2, 0.25) is 0 Å². The van der Waals surface area contributed by atoms with E-state index in [1.165, 1.54) is 0 Å². The summed E-state index contributed by atoms with van der Waals surface area (Å²) < 4.78 is 0.941. The van der Waals surface area contributed by atoms with Crippen LogP contribution in [0, 0.1) is 11.3 Å². The standard InChI is InChI=1S/C13H16BrN3/c1-9-5-12(8-17(9)2)16-13-4-3-11(14)6-10(13)7-15/h3-4,6,9,12,16H,5,8H2,1-2H3. The number of nitriles is 1. The average Bonchev–Trinajstić information content (AvgIpc) is 2.60. The molecule has 0 amide bonds. The molecule has 1 aromatic rings. The molecule has 1 N–H and O–H groups in total. The van der Waals surface area contributed by atoms with Crippen molar-refractivity contribution in [1.82, 2.24) is 4.90 Å². The fraction of sp³-hybridized carbons (Fsp3) is 0.462. The van der Waals surface area contributed by atoms with E-state index >= 15 is 0 Å². The Balaban J connectivity index is 2.12. The predicted molar refractivity (Wildman–Crippen MR) is 73.0 cm³/mol. The third kappa shape index (κ3) is 2.80. The van der Waals surface area contributed by atoms with Crippen molar-refractivity contribution >= 4 is 21.6 Å². The lowest BCUT2D eigenvalue weighted by Crippen LogP contribution is -2.25. The van der Waals surface area contributed by atoms with Gasteiger partial charge in [0.1, 0.15) is 6.07 Å². The van der Waals surface area contributed by atoms with Gasteiger partial charge in [-0.2, -0.15) is 5.26 Å². The number of hydrogen-bond acceptors (Lipinski definition) is 3. The topological polar surface area (TPSA) is 39.1 Å². The van der Waals surface area contributed by atoms with Gasteiger partial charge in [-0.3, -0.25) is 0 Å². The van der Waals surface area contributed by atoms with Crippen LogP contribution in [0.1, 0.15) is 18.9 Å². The average molecular weight is 294 g/mol. The van der Waals surface area contributed by atoms with Crippen LogP contribution in [-0.4, -0.2) is 30.6 Å². The molecule has 3 nitrogen and oxygen atoms in total. The summed E-state index contributed by atoms with van der Waals surface area (Å²) in [6, 6.07) is 9.04. The van der Waals surface area contributed by atoms with Crippen molar-refractivity contribution in [1.29, 1.82) is 5.26 Å². The molecule has 0 spiro atoms. The van der Waals surface area contributed by atoms with Gasteiger partial charge in [-0.25, -0.2) is 0 Å². The minimum Gasteiger partial charge on any atom is -0.380 e. The van der Waals surface area contributed by atoms with Gasteiger partial charge in [0.25, 0.3) is 0 Å². The van der Waals surface area contributed by atoms with Crippen LogP contribution in [-0.2, 0) is 0 Å². The van der Waals surface area contributed by atoms with Crippen molar-refractivity contribution in [3.63, 3.8) is 0 Å². The summed E-state index contributed by atoms with van der Waals surface area (Å²) in [6.45, 7) is 3.26. The Morgan fingerprint density at radius 1 is 1.53 bits per heavy atom. The summed E-state index contributed by atoms with van der Waals surface area (Å²) in [5, 5.41) is 12.6. The second kappa shape index (κ2) is 5.07. The van der Waals surface area contributed by atoms with E-state index < -0.39 is 0 Å². The zero-order valence-corrected chi connectivity index (χ0v) is 11.7. The Kier molecular flexibility index (Phi) is 3.70. The van der Waals surface area contributed by atoms with E-state index in [-0.39, 0.29) is 0 Å². The van der Waals surface area contributed by atoms with E-state index in [4.69, 9.17) is 5.26 Å². The lowest BCUT2D eigenvalue weighted by molar-refractivity contribution is 0.330. The maximum atomic E-state index is 9.10. The van der Waals surface area contributed by atoms with Gasteiger partial charge < -0.3 is 10.2 Å². The first kappa shape index (κ1) is 12.4. The number of hydrogen-bond donors (Lipinski definition) is 1. The second-order valence-corrected chi connectivity index (χ2v) is 5.58. The van der Waals surface area contributed by atoms with Crippen LogP contribution in [0.25, 0.3) is 0 Å². The van der Waals surface area contributed by atoms with Crippen LogP contribution in [0.3, 0.4) is 0 Å². The van der Waals surface area contributed by atoms with Crippen molar-refractivity contribution in [2.24, 2.45) is 0 Å². The summed E-state index contributed by atoms with van der Waals surface area (Å²) >= 11 is 3.38. The summed E-state index contributed by atoms with van der Waals surface area (Å²) in [7, 11) is 2.14. The van der Waals surface area contributed by atoms with Crippen LogP contribution < -0.4 is 5.32 Å².